The number of aliphatic hydroxyl groups excluding tert-OH is 1. The number of rotatable bonds is 8. The lowest BCUT2D eigenvalue weighted by Gasteiger charge is -2.19. The fourth-order valence-corrected chi connectivity index (χ4v) is 2.38. The van der Waals surface area contributed by atoms with Crippen LogP contribution in [0.3, 0.4) is 0 Å². The van der Waals surface area contributed by atoms with E-state index < -0.39 is 0 Å². The molecule has 2 N–H and O–H groups in total. The molecule has 1 heterocycles. The highest BCUT2D eigenvalue weighted by atomic mass is 16.3. The number of hydrogen-bond acceptors (Lipinski definition) is 3. The van der Waals surface area contributed by atoms with Crippen LogP contribution >= 0.6 is 0 Å². The van der Waals surface area contributed by atoms with Crippen LogP contribution in [0.25, 0.3) is 10.9 Å². The molecule has 0 atom stereocenters. The Morgan fingerprint density at radius 3 is 2.85 bits per heavy atom. The highest BCUT2D eigenvalue weighted by Crippen LogP contribution is 2.18. The summed E-state index contributed by atoms with van der Waals surface area (Å²) in [6.45, 7) is 3.98. The molecule has 4 nitrogen and oxygen atoms in total. The zero-order chi connectivity index (χ0) is 14.4. The first-order valence-electron chi connectivity index (χ1n) is 7.18. The second-order valence-corrected chi connectivity index (χ2v) is 5.02. The quantitative estimate of drug-likeness (QED) is 0.727. The first kappa shape index (κ1) is 14.8. The van der Waals surface area contributed by atoms with Crippen LogP contribution in [0, 0.1) is 0 Å². The van der Waals surface area contributed by atoms with E-state index in [-0.39, 0.29) is 12.4 Å². The van der Waals surface area contributed by atoms with E-state index in [1.165, 1.54) is 0 Å². The van der Waals surface area contributed by atoms with Gasteiger partial charge < -0.3 is 10.1 Å². The number of H-pyrrole nitrogens is 1. The lowest BCUT2D eigenvalue weighted by molar-refractivity contribution is 0.0915. The Bertz CT molecular complexity index is 562. The third-order valence-electron chi connectivity index (χ3n) is 3.50. The molecule has 0 aliphatic rings. The summed E-state index contributed by atoms with van der Waals surface area (Å²) in [5.41, 5.74) is 1.72. The first-order chi connectivity index (χ1) is 9.76. The number of fused-ring (bicyclic) bond motifs is 1. The molecule has 2 rings (SSSR count). The van der Waals surface area contributed by atoms with Gasteiger partial charge in [0.2, 0.25) is 0 Å². The first-order valence-corrected chi connectivity index (χ1v) is 7.18. The molecule has 0 aliphatic heterocycles. The van der Waals surface area contributed by atoms with Gasteiger partial charge in [-0.2, -0.15) is 0 Å². The van der Waals surface area contributed by atoms with Crippen molar-refractivity contribution < 1.29 is 9.90 Å². The summed E-state index contributed by atoms with van der Waals surface area (Å²) in [6.07, 6.45) is 3.91. The number of aromatic nitrogens is 1. The minimum absolute atomic E-state index is 0.0882. The molecular formula is C16H22N2O2. The number of unbranched alkanes of at least 4 members (excludes halogenated alkanes) is 1. The number of ketones is 1. The van der Waals surface area contributed by atoms with Gasteiger partial charge in [-0.1, -0.05) is 31.5 Å². The molecule has 0 radical (unpaired) electrons. The van der Waals surface area contributed by atoms with Gasteiger partial charge in [0.25, 0.3) is 0 Å². The molecule has 0 aliphatic carbocycles. The average molecular weight is 274 g/mol. The van der Waals surface area contributed by atoms with Crippen molar-refractivity contribution in [1.29, 1.82) is 0 Å². The van der Waals surface area contributed by atoms with Crippen LogP contribution in [0.1, 0.15) is 30.1 Å². The Balaban J connectivity index is 2.09. The van der Waals surface area contributed by atoms with Crippen molar-refractivity contribution in [3.8, 4) is 0 Å². The molecule has 0 unspecified atom stereocenters. The third-order valence-corrected chi connectivity index (χ3v) is 3.50. The van der Waals surface area contributed by atoms with Crippen LogP contribution in [0.4, 0.5) is 0 Å². The van der Waals surface area contributed by atoms with Crippen molar-refractivity contribution >= 4 is 16.7 Å². The molecule has 0 amide bonds. The molecular weight excluding hydrogens is 252 g/mol. The Morgan fingerprint density at radius 1 is 1.30 bits per heavy atom. The highest BCUT2D eigenvalue weighted by Gasteiger charge is 2.15. The standard InChI is InChI=1S/C16H22N2O2/c1-2-3-8-18(9-10-19)12-16(20)14-11-17-15-7-5-4-6-13(14)15/h4-7,11,17,19H,2-3,8-10,12H2,1H3. The zero-order valence-electron chi connectivity index (χ0n) is 11.9. The van der Waals surface area contributed by atoms with Crippen molar-refractivity contribution in [2.45, 2.75) is 19.8 Å². The largest absolute Gasteiger partial charge is 0.395 e. The van der Waals surface area contributed by atoms with Crippen LogP contribution in [0.5, 0.6) is 0 Å². The van der Waals surface area contributed by atoms with Gasteiger partial charge in [0.15, 0.2) is 5.78 Å². The number of carbonyl (C=O) groups is 1. The number of nitrogens with one attached hydrogen (secondary N) is 1. The summed E-state index contributed by atoms with van der Waals surface area (Å²) >= 11 is 0. The molecule has 1 aromatic heterocycles. The number of nitrogens with zero attached hydrogens (tertiary/aromatic N) is 1. The number of Topliss-reactive ketones (excluding diaryl/α,β-unsaturated/α-hetero) is 1. The smallest absolute Gasteiger partial charge is 0.178 e. The normalized spacial score (nSPS) is 11.3. The van der Waals surface area contributed by atoms with E-state index in [9.17, 15) is 4.79 Å². The van der Waals surface area contributed by atoms with Gasteiger partial charge in [0, 0.05) is 29.2 Å². The van der Waals surface area contributed by atoms with E-state index in [1.807, 2.05) is 29.2 Å². The molecule has 108 valence electrons. The number of benzene rings is 1. The average Bonchev–Trinajstić information content (AvgIpc) is 2.89. The fourth-order valence-electron chi connectivity index (χ4n) is 2.38. The molecule has 0 bridgehead atoms. The maximum Gasteiger partial charge on any atom is 0.178 e. The van der Waals surface area contributed by atoms with Crippen LogP contribution in [0.15, 0.2) is 30.5 Å². The van der Waals surface area contributed by atoms with Crippen molar-refractivity contribution in [2.75, 3.05) is 26.2 Å². The van der Waals surface area contributed by atoms with Crippen LogP contribution < -0.4 is 0 Å². The van der Waals surface area contributed by atoms with E-state index in [0.717, 1.165) is 35.9 Å². The van der Waals surface area contributed by atoms with E-state index in [1.54, 1.807) is 6.20 Å². The van der Waals surface area contributed by atoms with E-state index in [4.69, 9.17) is 5.11 Å². The number of para-hydroxylation sites is 1. The molecule has 0 spiro atoms. The number of aromatic amines is 1. The number of hydrogen-bond donors (Lipinski definition) is 2. The summed E-state index contributed by atoms with van der Waals surface area (Å²) in [6, 6.07) is 7.82. The Hall–Kier alpha value is -1.65. The monoisotopic (exact) mass is 274 g/mol. The molecule has 0 saturated heterocycles. The van der Waals surface area contributed by atoms with Crippen molar-refractivity contribution in [3.05, 3.63) is 36.0 Å². The lowest BCUT2D eigenvalue weighted by atomic mass is 10.1. The summed E-state index contributed by atoms with van der Waals surface area (Å²) in [7, 11) is 0. The Kier molecular flexibility index (Phi) is 5.32. The van der Waals surface area contributed by atoms with Crippen LogP contribution in [-0.4, -0.2) is 47.0 Å². The SMILES string of the molecule is CCCCN(CCO)CC(=O)c1c[nH]c2ccccc12. The predicted molar refractivity (Wildman–Crippen MR) is 81.1 cm³/mol. The zero-order valence-corrected chi connectivity index (χ0v) is 11.9. The topological polar surface area (TPSA) is 56.3 Å². The van der Waals surface area contributed by atoms with Gasteiger partial charge in [0.05, 0.1) is 13.2 Å². The van der Waals surface area contributed by atoms with Gasteiger partial charge in [-0.05, 0) is 19.0 Å². The van der Waals surface area contributed by atoms with Gasteiger partial charge >= 0.3 is 0 Å². The molecule has 0 saturated carbocycles. The van der Waals surface area contributed by atoms with Gasteiger partial charge in [-0.3, -0.25) is 9.69 Å². The molecule has 2 aromatic rings. The fraction of sp³-hybridized carbons (Fsp3) is 0.438. The van der Waals surface area contributed by atoms with Crippen LogP contribution in [0.2, 0.25) is 0 Å². The van der Waals surface area contributed by atoms with Gasteiger partial charge in [0.1, 0.15) is 0 Å². The summed E-state index contributed by atoms with van der Waals surface area (Å²) in [5.74, 6) is 0.104. The summed E-state index contributed by atoms with van der Waals surface area (Å²) in [4.78, 5) is 17.6. The maximum absolute atomic E-state index is 12.4. The predicted octanol–water partition coefficient (Wildman–Crippen LogP) is 2.45. The molecule has 1 aromatic carbocycles. The second kappa shape index (κ2) is 7.22. The highest BCUT2D eigenvalue weighted by molar-refractivity contribution is 6.08. The minimum atomic E-state index is 0.0882. The Morgan fingerprint density at radius 2 is 2.10 bits per heavy atom. The van der Waals surface area contributed by atoms with Gasteiger partial charge in [-0.15, -0.1) is 0 Å². The summed E-state index contributed by atoms with van der Waals surface area (Å²) in [5, 5.41) is 10.1. The minimum Gasteiger partial charge on any atom is -0.395 e. The van der Waals surface area contributed by atoms with E-state index in [2.05, 4.69) is 11.9 Å². The third kappa shape index (κ3) is 3.46. The van der Waals surface area contributed by atoms with Gasteiger partial charge in [-0.25, -0.2) is 0 Å². The number of aliphatic hydroxyl groups is 1. The van der Waals surface area contributed by atoms with Crippen molar-refractivity contribution in [3.63, 3.8) is 0 Å². The lowest BCUT2D eigenvalue weighted by Crippen LogP contribution is -2.33. The molecule has 0 fully saturated rings. The second-order valence-electron chi connectivity index (χ2n) is 5.02. The maximum atomic E-state index is 12.4. The number of carbonyl (C=O) groups excluding carboxylic acids is 1. The summed E-state index contributed by atoms with van der Waals surface area (Å²) < 4.78 is 0. The molecule has 4 heteroatoms. The van der Waals surface area contributed by atoms with E-state index >= 15 is 0 Å². The van der Waals surface area contributed by atoms with Crippen LogP contribution in [-0.2, 0) is 0 Å². The Labute approximate surface area is 119 Å². The van der Waals surface area contributed by atoms with Crippen molar-refractivity contribution in [2.24, 2.45) is 0 Å². The molecule has 20 heavy (non-hydrogen) atoms. The van der Waals surface area contributed by atoms with Crippen molar-refractivity contribution in [1.82, 2.24) is 9.88 Å². The van der Waals surface area contributed by atoms with E-state index in [0.29, 0.717) is 13.1 Å².